The van der Waals surface area contributed by atoms with Crippen LogP contribution in [0.4, 0.5) is 0 Å². The number of hydrogen-bond acceptors (Lipinski definition) is 1. The topological polar surface area (TPSA) is 36.4 Å². The zero-order valence-corrected chi connectivity index (χ0v) is 13.5. The monoisotopic (exact) mass is 347 g/mol. The van der Waals surface area contributed by atoms with Crippen LogP contribution < -0.4 is 10.6 Å². The molecule has 0 spiro atoms. The second kappa shape index (κ2) is 7.53. The molecular weight excluding hydrogens is 325 g/mol. The number of guanidine groups is 1. The van der Waals surface area contributed by atoms with Crippen LogP contribution in [0.1, 0.15) is 22.3 Å². The molecule has 1 rings (SSSR count). The molecule has 17 heavy (non-hydrogen) atoms. The van der Waals surface area contributed by atoms with Gasteiger partial charge in [0, 0.05) is 20.6 Å². The lowest BCUT2D eigenvalue weighted by Crippen LogP contribution is -2.34. The summed E-state index contributed by atoms with van der Waals surface area (Å²) in [7, 11) is 3.64. The van der Waals surface area contributed by atoms with Gasteiger partial charge in [-0.15, -0.1) is 24.0 Å². The van der Waals surface area contributed by atoms with Crippen LogP contribution in [0.3, 0.4) is 0 Å². The van der Waals surface area contributed by atoms with Gasteiger partial charge in [0.1, 0.15) is 0 Å². The van der Waals surface area contributed by atoms with Crippen LogP contribution in [0, 0.1) is 20.8 Å². The van der Waals surface area contributed by atoms with Crippen molar-refractivity contribution >= 4 is 29.9 Å². The fourth-order valence-electron chi connectivity index (χ4n) is 1.94. The van der Waals surface area contributed by atoms with Gasteiger partial charge in [0.15, 0.2) is 5.96 Å². The zero-order chi connectivity index (χ0) is 12.1. The first kappa shape index (κ1) is 16.2. The van der Waals surface area contributed by atoms with Crippen molar-refractivity contribution in [2.45, 2.75) is 27.3 Å². The molecule has 0 fully saturated rings. The zero-order valence-electron chi connectivity index (χ0n) is 11.2. The number of nitrogens with zero attached hydrogens (tertiary/aromatic N) is 1. The SMILES string of the molecule is CN=C(NC)NCc1c(C)cc(C)cc1C.I. The first-order valence-electron chi connectivity index (χ1n) is 5.53. The lowest BCUT2D eigenvalue weighted by molar-refractivity contribution is 0.852. The molecule has 0 atom stereocenters. The maximum Gasteiger partial charge on any atom is 0.190 e. The molecule has 0 radical (unpaired) electrons. The van der Waals surface area contributed by atoms with Crippen molar-refractivity contribution in [1.82, 2.24) is 10.6 Å². The smallest absolute Gasteiger partial charge is 0.190 e. The molecule has 0 aliphatic carbocycles. The maximum absolute atomic E-state index is 4.09. The molecule has 0 aliphatic heterocycles. The van der Waals surface area contributed by atoms with E-state index >= 15 is 0 Å². The van der Waals surface area contributed by atoms with Gasteiger partial charge in [0.05, 0.1) is 0 Å². The number of aryl methyl sites for hydroxylation is 3. The minimum Gasteiger partial charge on any atom is -0.359 e. The first-order chi connectivity index (χ1) is 7.58. The van der Waals surface area contributed by atoms with E-state index in [0.717, 1.165) is 12.5 Å². The Balaban J connectivity index is 0.00000256. The fourth-order valence-corrected chi connectivity index (χ4v) is 1.94. The molecule has 0 amide bonds. The van der Waals surface area contributed by atoms with E-state index in [1.807, 2.05) is 7.05 Å². The molecular formula is C13H22IN3. The van der Waals surface area contributed by atoms with E-state index in [4.69, 9.17) is 0 Å². The molecule has 0 bridgehead atoms. The van der Waals surface area contributed by atoms with Crippen molar-refractivity contribution < 1.29 is 0 Å². The minimum atomic E-state index is 0. The summed E-state index contributed by atoms with van der Waals surface area (Å²) in [5, 5.41) is 6.29. The third-order valence-corrected chi connectivity index (χ3v) is 2.73. The van der Waals surface area contributed by atoms with Gasteiger partial charge in [-0.1, -0.05) is 17.7 Å². The summed E-state index contributed by atoms with van der Waals surface area (Å²) in [5.41, 5.74) is 5.33. The van der Waals surface area contributed by atoms with Gasteiger partial charge < -0.3 is 10.6 Å². The summed E-state index contributed by atoms with van der Waals surface area (Å²) in [4.78, 5) is 4.09. The molecule has 96 valence electrons. The number of hydrogen-bond donors (Lipinski definition) is 2. The second-order valence-corrected chi connectivity index (χ2v) is 4.05. The lowest BCUT2D eigenvalue weighted by Gasteiger charge is -2.13. The summed E-state index contributed by atoms with van der Waals surface area (Å²) < 4.78 is 0. The third-order valence-electron chi connectivity index (χ3n) is 2.73. The van der Waals surface area contributed by atoms with Crippen molar-refractivity contribution in [3.8, 4) is 0 Å². The van der Waals surface area contributed by atoms with Crippen LogP contribution in [0.5, 0.6) is 0 Å². The Bertz CT molecular complexity index is 377. The van der Waals surface area contributed by atoms with Crippen LogP contribution in [0.25, 0.3) is 0 Å². The summed E-state index contributed by atoms with van der Waals surface area (Å²) >= 11 is 0. The summed E-state index contributed by atoms with van der Waals surface area (Å²) in [6.07, 6.45) is 0. The van der Waals surface area contributed by atoms with Crippen LogP contribution in [0.15, 0.2) is 17.1 Å². The first-order valence-corrected chi connectivity index (χ1v) is 5.53. The van der Waals surface area contributed by atoms with Crippen molar-refractivity contribution in [1.29, 1.82) is 0 Å². The van der Waals surface area contributed by atoms with Crippen molar-refractivity contribution in [2.24, 2.45) is 4.99 Å². The Labute approximate surface area is 121 Å². The fraction of sp³-hybridized carbons (Fsp3) is 0.462. The quantitative estimate of drug-likeness (QED) is 0.490. The highest BCUT2D eigenvalue weighted by atomic mass is 127. The lowest BCUT2D eigenvalue weighted by atomic mass is 10.00. The summed E-state index contributed by atoms with van der Waals surface area (Å²) in [5.74, 6) is 0.819. The van der Waals surface area contributed by atoms with Gasteiger partial charge in [-0.25, -0.2) is 0 Å². The molecule has 0 saturated carbocycles. The Hall–Kier alpha value is -0.780. The highest BCUT2D eigenvalue weighted by Gasteiger charge is 2.04. The average molecular weight is 347 g/mol. The number of halogens is 1. The normalized spacial score (nSPS) is 10.8. The van der Waals surface area contributed by atoms with Crippen molar-refractivity contribution in [3.63, 3.8) is 0 Å². The van der Waals surface area contributed by atoms with E-state index in [-0.39, 0.29) is 24.0 Å². The van der Waals surface area contributed by atoms with E-state index in [1.54, 1.807) is 7.05 Å². The molecule has 2 N–H and O–H groups in total. The third kappa shape index (κ3) is 4.53. The highest BCUT2D eigenvalue weighted by Crippen LogP contribution is 2.15. The van der Waals surface area contributed by atoms with Crippen LogP contribution in [-0.2, 0) is 6.54 Å². The number of nitrogens with one attached hydrogen (secondary N) is 2. The van der Waals surface area contributed by atoms with Gasteiger partial charge in [0.2, 0.25) is 0 Å². The largest absolute Gasteiger partial charge is 0.359 e. The molecule has 0 aromatic heterocycles. The van der Waals surface area contributed by atoms with Gasteiger partial charge >= 0.3 is 0 Å². The Morgan fingerprint density at radius 2 is 1.71 bits per heavy atom. The average Bonchev–Trinajstić information content (AvgIpc) is 2.22. The molecule has 4 heteroatoms. The van der Waals surface area contributed by atoms with E-state index in [2.05, 4.69) is 48.5 Å². The Morgan fingerprint density at radius 1 is 1.18 bits per heavy atom. The van der Waals surface area contributed by atoms with Gasteiger partial charge in [-0.2, -0.15) is 0 Å². The van der Waals surface area contributed by atoms with Crippen molar-refractivity contribution in [3.05, 3.63) is 34.4 Å². The van der Waals surface area contributed by atoms with Crippen LogP contribution >= 0.6 is 24.0 Å². The molecule has 1 aromatic rings. The van der Waals surface area contributed by atoms with Crippen LogP contribution in [-0.4, -0.2) is 20.1 Å². The molecule has 0 heterocycles. The molecule has 3 nitrogen and oxygen atoms in total. The highest BCUT2D eigenvalue weighted by molar-refractivity contribution is 14.0. The minimum absolute atomic E-state index is 0. The predicted molar refractivity (Wildman–Crippen MR) is 85.3 cm³/mol. The second-order valence-electron chi connectivity index (χ2n) is 4.05. The summed E-state index contributed by atoms with van der Waals surface area (Å²) in [6.45, 7) is 7.24. The van der Waals surface area contributed by atoms with E-state index in [1.165, 1.54) is 22.3 Å². The van der Waals surface area contributed by atoms with Gasteiger partial charge in [0.25, 0.3) is 0 Å². The standard InChI is InChI=1S/C13H21N3.HI/c1-9-6-10(2)12(11(3)7-9)8-16-13(14-4)15-5;/h6-7H,8H2,1-5H3,(H2,14,15,16);1H. The maximum atomic E-state index is 4.09. The van der Waals surface area contributed by atoms with Crippen molar-refractivity contribution in [2.75, 3.05) is 14.1 Å². The van der Waals surface area contributed by atoms with E-state index in [9.17, 15) is 0 Å². The molecule has 0 aliphatic rings. The summed E-state index contributed by atoms with van der Waals surface area (Å²) in [6, 6.07) is 4.43. The van der Waals surface area contributed by atoms with Crippen LogP contribution in [0.2, 0.25) is 0 Å². The Morgan fingerprint density at radius 3 is 2.12 bits per heavy atom. The number of aliphatic imine (C=N–C) groups is 1. The molecule has 0 unspecified atom stereocenters. The molecule has 1 aromatic carbocycles. The van der Waals surface area contributed by atoms with Gasteiger partial charge in [-0.05, 0) is 37.5 Å². The van der Waals surface area contributed by atoms with E-state index in [0.29, 0.717) is 0 Å². The number of rotatable bonds is 2. The van der Waals surface area contributed by atoms with E-state index < -0.39 is 0 Å². The Kier molecular flexibility index (Phi) is 7.18. The predicted octanol–water partition coefficient (Wildman–Crippen LogP) is 2.52. The number of benzene rings is 1. The van der Waals surface area contributed by atoms with Gasteiger partial charge in [-0.3, -0.25) is 4.99 Å². The molecule has 0 saturated heterocycles.